The van der Waals surface area contributed by atoms with Gasteiger partial charge in [0.1, 0.15) is 12.4 Å². The van der Waals surface area contributed by atoms with Crippen molar-refractivity contribution in [2.75, 3.05) is 0 Å². The first kappa shape index (κ1) is 17.4. The molecule has 3 nitrogen and oxygen atoms in total. The number of nitrogens with zero attached hydrogens (tertiary/aromatic N) is 1. The van der Waals surface area contributed by atoms with Crippen LogP contribution >= 0.6 is 11.6 Å². The number of hydrogen-bond acceptors (Lipinski definition) is 2. The van der Waals surface area contributed by atoms with Gasteiger partial charge in [-0.2, -0.15) is 0 Å². The second-order valence-electron chi connectivity index (χ2n) is 6.42. The monoisotopic (exact) mass is 375 g/mol. The molecule has 0 aliphatic heterocycles. The summed E-state index contributed by atoms with van der Waals surface area (Å²) >= 11 is 6.26. The lowest BCUT2D eigenvalue weighted by Gasteiger charge is -2.12. The van der Waals surface area contributed by atoms with Crippen LogP contribution in [0.5, 0.6) is 5.75 Å². The van der Waals surface area contributed by atoms with Crippen LogP contribution in [0, 0.1) is 6.92 Å². The molecule has 0 bridgehead atoms. The largest absolute Gasteiger partial charge is 0.488 e. The highest BCUT2D eigenvalue weighted by molar-refractivity contribution is 6.31. The van der Waals surface area contributed by atoms with Gasteiger partial charge in [0.25, 0.3) is 0 Å². The van der Waals surface area contributed by atoms with E-state index in [2.05, 4.69) is 0 Å². The summed E-state index contributed by atoms with van der Waals surface area (Å²) in [7, 11) is 0. The number of benzene rings is 2. The van der Waals surface area contributed by atoms with E-state index >= 15 is 0 Å². The van der Waals surface area contributed by atoms with E-state index in [9.17, 15) is 4.79 Å². The van der Waals surface area contributed by atoms with Crippen molar-refractivity contribution in [2.24, 2.45) is 0 Å². The first-order chi connectivity index (χ1) is 13.2. The van der Waals surface area contributed by atoms with Gasteiger partial charge in [-0.25, -0.2) is 0 Å². The predicted octanol–water partition coefficient (Wildman–Crippen LogP) is 5.96. The van der Waals surface area contributed by atoms with Crippen LogP contribution in [0.2, 0.25) is 5.02 Å². The summed E-state index contributed by atoms with van der Waals surface area (Å²) in [6, 6.07) is 21.4. The van der Waals surface area contributed by atoms with Crippen LogP contribution in [0.15, 0.2) is 72.9 Å². The van der Waals surface area contributed by atoms with Crippen molar-refractivity contribution in [3.63, 3.8) is 0 Å². The summed E-state index contributed by atoms with van der Waals surface area (Å²) in [5, 5.41) is 0.598. The summed E-state index contributed by atoms with van der Waals surface area (Å²) in [4.78, 5) is 11.9. The molecule has 0 saturated carbocycles. The molecular formula is C23H18ClNO2. The van der Waals surface area contributed by atoms with Gasteiger partial charge in [0.05, 0.1) is 5.69 Å². The van der Waals surface area contributed by atoms with Gasteiger partial charge in [0.2, 0.25) is 0 Å². The van der Waals surface area contributed by atoms with E-state index in [1.165, 1.54) is 0 Å². The Morgan fingerprint density at radius 3 is 2.59 bits per heavy atom. The maximum Gasteiger partial charge on any atom is 0.167 e. The van der Waals surface area contributed by atoms with Crippen LogP contribution in [0.1, 0.15) is 21.6 Å². The van der Waals surface area contributed by atoms with Crippen molar-refractivity contribution in [3.05, 3.63) is 94.8 Å². The molecule has 4 aromatic rings. The Hall–Kier alpha value is -3.04. The summed E-state index contributed by atoms with van der Waals surface area (Å²) in [6.07, 6.45) is 2.77. The van der Waals surface area contributed by atoms with Crippen molar-refractivity contribution in [1.82, 2.24) is 4.40 Å². The quantitative estimate of drug-likeness (QED) is 0.403. The summed E-state index contributed by atoms with van der Waals surface area (Å²) in [5.41, 5.74) is 5.37. The minimum absolute atomic E-state index is 0.443. The topological polar surface area (TPSA) is 30.7 Å². The zero-order valence-electron chi connectivity index (χ0n) is 14.9. The fourth-order valence-corrected chi connectivity index (χ4v) is 3.44. The number of pyridine rings is 1. The third-order valence-electron chi connectivity index (χ3n) is 4.64. The van der Waals surface area contributed by atoms with Gasteiger partial charge in [-0.3, -0.25) is 4.79 Å². The summed E-state index contributed by atoms with van der Waals surface area (Å²) < 4.78 is 7.98. The third-order valence-corrected chi connectivity index (χ3v) is 4.88. The number of carbonyl (C=O) groups is 1. The lowest BCUT2D eigenvalue weighted by atomic mass is 10.0. The number of hydrogen-bond donors (Lipinski definition) is 0. The average Bonchev–Trinajstić information content (AvgIpc) is 3.07. The number of carbonyl (C=O) groups excluding carboxylic acids is 1. The lowest BCUT2D eigenvalue weighted by Crippen LogP contribution is -1.98. The van der Waals surface area contributed by atoms with E-state index in [0.29, 0.717) is 23.1 Å². The Balaban J connectivity index is 1.82. The first-order valence-corrected chi connectivity index (χ1v) is 9.07. The number of aryl methyl sites for hydroxylation is 1. The first-order valence-electron chi connectivity index (χ1n) is 8.70. The van der Waals surface area contributed by atoms with E-state index in [1.54, 1.807) is 6.07 Å². The molecule has 0 radical (unpaired) electrons. The summed E-state index contributed by atoms with van der Waals surface area (Å²) in [6.45, 7) is 2.47. The van der Waals surface area contributed by atoms with Crippen molar-refractivity contribution in [2.45, 2.75) is 13.5 Å². The molecule has 2 aromatic carbocycles. The normalized spacial score (nSPS) is 10.9. The van der Waals surface area contributed by atoms with Crippen molar-refractivity contribution in [3.8, 4) is 16.9 Å². The Morgan fingerprint density at radius 1 is 1.00 bits per heavy atom. The fourth-order valence-electron chi connectivity index (χ4n) is 3.27. The minimum atomic E-state index is 0.443. The maximum atomic E-state index is 11.9. The molecule has 2 aromatic heterocycles. The minimum Gasteiger partial charge on any atom is -0.488 e. The molecule has 0 fully saturated rings. The van der Waals surface area contributed by atoms with E-state index in [-0.39, 0.29) is 0 Å². The zero-order valence-corrected chi connectivity index (χ0v) is 15.6. The smallest absolute Gasteiger partial charge is 0.167 e. The molecule has 0 aliphatic carbocycles. The molecule has 27 heavy (non-hydrogen) atoms. The fraction of sp³-hybridized carbons (Fsp3) is 0.0870. The van der Waals surface area contributed by atoms with E-state index < -0.39 is 0 Å². The number of aldehydes is 1. The number of ether oxygens (including phenoxy) is 1. The van der Waals surface area contributed by atoms with Crippen molar-refractivity contribution >= 4 is 23.4 Å². The predicted molar refractivity (Wildman–Crippen MR) is 109 cm³/mol. The molecule has 0 amide bonds. The van der Waals surface area contributed by atoms with Gasteiger partial charge in [0.15, 0.2) is 6.29 Å². The summed E-state index contributed by atoms with van der Waals surface area (Å²) in [5.74, 6) is 0.694. The molecule has 0 spiro atoms. The molecular weight excluding hydrogens is 358 g/mol. The molecule has 4 heteroatoms. The highest BCUT2D eigenvalue weighted by atomic mass is 35.5. The van der Waals surface area contributed by atoms with Gasteiger partial charge in [-0.1, -0.05) is 48.0 Å². The molecule has 4 rings (SSSR count). The van der Waals surface area contributed by atoms with E-state index in [4.69, 9.17) is 16.3 Å². The average molecular weight is 376 g/mol. The maximum absolute atomic E-state index is 11.9. The molecule has 0 N–H and O–H groups in total. The van der Waals surface area contributed by atoms with Crippen LogP contribution in [0.4, 0.5) is 0 Å². The second-order valence-corrected chi connectivity index (χ2v) is 6.86. The standard InChI is InChI=1S/C23H18ClNO2/c1-16-6-5-11-25-21(16)13-19(22(25)14-26)20-12-18(24)9-10-23(20)27-15-17-7-3-2-4-8-17/h2-14H,15H2,1H3. The van der Waals surface area contributed by atoms with Gasteiger partial charge in [-0.05, 0) is 48.4 Å². The zero-order chi connectivity index (χ0) is 18.8. The molecule has 0 saturated heterocycles. The highest BCUT2D eigenvalue weighted by Gasteiger charge is 2.17. The highest BCUT2D eigenvalue weighted by Crippen LogP contribution is 2.37. The Bertz CT molecular complexity index is 1120. The molecule has 134 valence electrons. The molecule has 0 atom stereocenters. The third kappa shape index (κ3) is 3.34. The Labute approximate surface area is 162 Å². The van der Waals surface area contributed by atoms with Crippen LogP contribution in [-0.4, -0.2) is 10.7 Å². The van der Waals surface area contributed by atoms with Crippen LogP contribution in [0.25, 0.3) is 16.6 Å². The van der Waals surface area contributed by atoms with Crippen LogP contribution in [0.3, 0.4) is 0 Å². The number of rotatable bonds is 5. The van der Waals surface area contributed by atoms with E-state index in [1.807, 2.05) is 78.2 Å². The van der Waals surface area contributed by atoms with Gasteiger partial charge < -0.3 is 9.14 Å². The molecule has 2 heterocycles. The molecule has 0 aliphatic rings. The SMILES string of the molecule is Cc1cccn2c(C=O)c(-c3cc(Cl)ccc3OCc3ccccc3)cc12. The Morgan fingerprint density at radius 2 is 1.81 bits per heavy atom. The number of aromatic nitrogens is 1. The molecule has 0 unspecified atom stereocenters. The van der Waals surface area contributed by atoms with E-state index in [0.717, 1.165) is 34.1 Å². The van der Waals surface area contributed by atoms with Crippen LogP contribution < -0.4 is 4.74 Å². The van der Waals surface area contributed by atoms with Crippen molar-refractivity contribution < 1.29 is 9.53 Å². The Kier molecular flexibility index (Phi) is 4.69. The van der Waals surface area contributed by atoms with Gasteiger partial charge >= 0.3 is 0 Å². The van der Waals surface area contributed by atoms with Gasteiger partial charge in [0, 0.05) is 27.9 Å². The number of fused-ring (bicyclic) bond motifs is 1. The second kappa shape index (κ2) is 7.29. The van der Waals surface area contributed by atoms with Crippen LogP contribution in [-0.2, 0) is 6.61 Å². The van der Waals surface area contributed by atoms with Crippen molar-refractivity contribution in [1.29, 1.82) is 0 Å². The lowest BCUT2D eigenvalue weighted by molar-refractivity contribution is 0.111. The number of halogens is 1. The van der Waals surface area contributed by atoms with Gasteiger partial charge in [-0.15, -0.1) is 0 Å².